The van der Waals surface area contributed by atoms with Crippen LogP contribution >= 0.6 is 0 Å². The van der Waals surface area contributed by atoms with Gasteiger partial charge in [-0.2, -0.15) is 0 Å². The van der Waals surface area contributed by atoms with Gasteiger partial charge in [-0.1, -0.05) is 18.0 Å². The average Bonchev–Trinajstić information content (AvgIpc) is 3.30. The van der Waals surface area contributed by atoms with Gasteiger partial charge in [-0.15, -0.1) is 0 Å². The van der Waals surface area contributed by atoms with Gasteiger partial charge >= 0.3 is 0 Å². The molecule has 4 rings (SSSR count). The standard InChI is InChI=1S/C18H22N4O5S2/c1-10-16(11(2)27-21-10)12-8-14-17(15(9-12)29(19,25)26)20-18(28(3,23)24)22(14)13-6-4-5-7-13/h8-9,13H,4-7H2,1-3H3,(H2,19,25,26). The van der Waals surface area contributed by atoms with E-state index in [0.717, 1.165) is 31.9 Å². The third kappa shape index (κ3) is 3.36. The van der Waals surface area contributed by atoms with Gasteiger partial charge in [0.2, 0.25) is 25.0 Å². The number of hydrogen-bond donors (Lipinski definition) is 1. The first-order chi connectivity index (χ1) is 13.5. The first-order valence-electron chi connectivity index (χ1n) is 9.20. The van der Waals surface area contributed by atoms with Gasteiger partial charge in [-0.05, 0) is 44.4 Å². The summed E-state index contributed by atoms with van der Waals surface area (Å²) in [6.07, 6.45) is 4.62. The second-order valence-electron chi connectivity index (χ2n) is 7.56. The minimum Gasteiger partial charge on any atom is -0.361 e. The molecule has 3 aromatic rings. The average molecular weight is 439 g/mol. The lowest BCUT2D eigenvalue weighted by atomic mass is 10.0. The fourth-order valence-electron chi connectivity index (χ4n) is 4.17. The van der Waals surface area contributed by atoms with Crippen molar-refractivity contribution in [3.8, 4) is 11.1 Å². The molecule has 1 aliphatic rings. The number of hydrogen-bond acceptors (Lipinski definition) is 7. The van der Waals surface area contributed by atoms with Crippen LogP contribution in [0, 0.1) is 13.8 Å². The normalized spacial score (nSPS) is 16.1. The number of benzene rings is 1. The van der Waals surface area contributed by atoms with Crippen LogP contribution in [0.5, 0.6) is 0 Å². The van der Waals surface area contributed by atoms with E-state index in [0.29, 0.717) is 28.1 Å². The summed E-state index contributed by atoms with van der Waals surface area (Å²) in [6, 6.07) is 3.08. The molecular formula is C18H22N4O5S2. The van der Waals surface area contributed by atoms with Crippen molar-refractivity contribution in [1.29, 1.82) is 0 Å². The minimum atomic E-state index is -4.16. The monoisotopic (exact) mass is 438 g/mol. The van der Waals surface area contributed by atoms with Crippen molar-refractivity contribution in [3.05, 3.63) is 23.6 Å². The van der Waals surface area contributed by atoms with Crippen LogP contribution < -0.4 is 5.14 Å². The van der Waals surface area contributed by atoms with E-state index < -0.39 is 19.9 Å². The molecule has 1 aromatic carbocycles. The molecule has 2 N–H and O–H groups in total. The predicted octanol–water partition coefficient (Wildman–Crippen LogP) is 2.47. The molecule has 0 saturated heterocycles. The molecule has 0 unspecified atom stereocenters. The van der Waals surface area contributed by atoms with E-state index in [-0.39, 0.29) is 21.6 Å². The summed E-state index contributed by atoms with van der Waals surface area (Å²) in [7, 11) is -7.86. The van der Waals surface area contributed by atoms with E-state index in [9.17, 15) is 16.8 Å². The van der Waals surface area contributed by atoms with E-state index >= 15 is 0 Å². The fraction of sp³-hybridized carbons (Fsp3) is 0.444. The Bertz CT molecular complexity index is 1310. The van der Waals surface area contributed by atoms with E-state index in [1.807, 2.05) is 0 Å². The van der Waals surface area contributed by atoms with Crippen molar-refractivity contribution in [3.63, 3.8) is 0 Å². The molecule has 11 heteroatoms. The van der Waals surface area contributed by atoms with Crippen LogP contribution in [0.1, 0.15) is 43.2 Å². The lowest BCUT2D eigenvalue weighted by molar-refractivity contribution is 0.393. The van der Waals surface area contributed by atoms with Crippen molar-refractivity contribution in [2.75, 3.05) is 6.26 Å². The van der Waals surface area contributed by atoms with Crippen LogP contribution in [-0.4, -0.2) is 37.8 Å². The van der Waals surface area contributed by atoms with E-state index in [1.165, 1.54) is 6.07 Å². The number of aromatic nitrogens is 3. The van der Waals surface area contributed by atoms with Gasteiger partial charge in [-0.25, -0.2) is 27.0 Å². The summed E-state index contributed by atoms with van der Waals surface area (Å²) in [5, 5.41) is 9.27. The zero-order chi connectivity index (χ0) is 21.1. The highest BCUT2D eigenvalue weighted by Crippen LogP contribution is 2.39. The summed E-state index contributed by atoms with van der Waals surface area (Å²) >= 11 is 0. The summed E-state index contributed by atoms with van der Waals surface area (Å²) in [4.78, 5) is 4.02. The molecule has 0 spiro atoms. The zero-order valence-electron chi connectivity index (χ0n) is 16.3. The number of rotatable bonds is 4. The highest BCUT2D eigenvalue weighted by molar-refractivity contribution is 7.90. The van der Waals surface area contributed by atoms with Crippen LogP contribution in [-0.2, 0) is 19.9 Å². The first kappa shape index (κ1) is 20.0. The molecule has 156 valence electrons. The van der Waals surface area contributed by atoms with Gasteiger partial charge in [0.15, 0.2) is 0 Å². The highest BCUT2D eigenvalue weighted by atomic mass is 32.2. The number of sulfone groups is 1. The third-order valence-electron chi connectivity index (χ3n) is 5.38. The minimum absolute atomic E-state index is 0.0651. The fourth-order valence-corrected chi connectivity index (χ4v) is 5.75. The van der Waals surface area contributed by atoms with Crippen molar-refractivity contribution in [2.24, 2.45) is 5.14 Å². The molecule has 0 aliphatic heterocycles. The summed E-state index contributed by atoms with van der Waals surface area (Å²) < 4.78 is 56.6. The van der Waals surface area contributed by atoms with Crippen LogP contribution in [0.4, 0.5) is 0 Å². The second-order valence-corrected chi connectivity index (χ2v) is 11.0. The Kier molecular flexibility index (Phi) is 4.59. The molecule has 0 radical (unpaired) electrons. The lowest BCUT2D eigenvalue weighted by Gasteiger charge is -2.16. The lowest BCUT2D eigenvalue weighted by Crippen LogP contribution is -2.14. The molecule has 9 nitrogen and oxygen atoms in total. The Morgan fingerprint density at radius 2 is 1.79 bits per heavy atom. The van der Waals surface area contributed by atoms with E-state index in [1.54, 1.807) is 24.5 Å². The Hall–Kier alpha value is -2.24. The third-order valence-corrected chi connectivity index (χ3v) is 7.25. The van der Waals surface area contributed by atoms with Gasteiger partial charge in [0.05, 0.1) is 11.2 Å². The molecule has 1 aliphatic carbocycles. The van der Waals surface area contributed by atoms with Crippen LogP contribution in [0.15, 0.2) is 26.7 Å². The second kappa shape index (κ2) is 6.64. The summed E-state index contributed by atoms with van der Waals surface area (Å²) in [5.41, 5.74) is 2.28. The largest absolute Gasteiger partial charge is 0.361 e. The van der Waals surface area contributed by atoms with Crippen molar-refractivity contribution < 1.29 is 21.4 Å². The maximum atomic E-state index is 12.5. The molecule has 2 aromatic heterocycles. The van der Waals surface area contributed by atoms with Crippen LogP contribution in [0.2, 0.25) is 0 Å². The zero-order valence-corrected chi connectivity index (χ0v) is 18.0. The summed E-state index contributed by atoms with van der Waals surface area (Å²) in [5.74, 6) is 0.525. The van der Waals surface area contributed by atoms with E-state index in [2.05, 4.69) is 10.1 Å². The number of nitrogens with zero attached hydrogens (tertiary/aromatic N) is 3. The Balaban J connectivity index is 2.16. The Morgan fingerprint density at radius 1 is 1.14 bits per heavy atom. The number of imidazole rings is 1. The van der Waals surface area contributed by atoms with Gasteiger partial charge in [0.25, 0.3) is 0 Å². The maximum Gasteiger partial charge on any atom is 0.240 e. The van der Waals surface area contributed by atoms with Crippen molar-refractivity contribution in [1.82, 2.24) is 14.7 Å². The molecule has 2 heterocycles. The number of primary sulfonamides is 1. The van der Waals surface area contributed by atoms with Gasteiger partial charge < -0.3 is 9.09 Å². The highest BCUT2D eigenvalue weighted by Gasteiger charge is 2.30. The topological polar surface area (TPSA) is 138 Å². The van der Waals surface area contributed by atoms with E-state index in [4.69, 9.17) is 9.66 Å². The summed E-state index contributed by atoms with van der Waals surface area (Å²) in [6.45, 7) is 3.48. The smallest absolute Gasteiger partial charge is 0.240 e. The number of sulfonamides is 1. The quantitative estimate of drug-likeness (QED) is 0.660. The molecule has 0 amide bonds. The SMILES string of the molecule is Cc1noc(C)c1-c1cc(S(N)(=O)=O)c2nc(S(C)(=O)=O)n(C3CCCC3)c2c1. The van der Waals surface area contributed by atoms with Gasteiger partial charge in [0, 0.05) is 17.9 Å². The molecule has 0 atom stereocenters. The molecule has 29 heavy (non-hydrogen) atoms. The predicted molar refractivity (Wildman–Crippen MR) is 107 cm³/mol. The molecule has 1 saturated carbocycles. The molecule has 1 fully saturated rings. The maximum absolute atomic E-state index is 12.5. The van der Waals surface area contributed by atoms with Crippen LogP contribution in [0.25, 0.3) is 22.2 Å². The Labute approximate surface area is 168 Å². The number of nitrogens with two attached hydrogens (primary N) is 1. The molecular weight excluding hydrogens is 416 g/mol. The van der Waals surface area contributed by atoms with Crippen molar-refractivity contribution in [2.45, 2.75) is 55.6 Å². The van der Waals surface area contributed by atoms with Crippen molar-refractivity contribution >= 4 is 30.9 Å². The number of fused-ring (bicyclic) bond motifs is 1. The number of aryl methyl sites for hydroxylation is 2. The first-order valence-corrected chi connectivity index (χ1v) is 12.6. The Morgan fingerprint density at radius 3 is 2.31 bits per heavy atom. The van der Waals surface area contributed by atoms with Crippen LogP contribution in [0.3, 0.4) is 0 Å². The molecule has 0 bridgehead atoms. The van der Waals surface area contributed by atoms with Gasteiger partial charge in [-0.3, -0.25) is 0 Å². The van der Waals surface area contributed by atoms with Gasteiger partial charge in [0.1, 0.15) is 16.2 Å².